The van der Waals surface area contributed by atoms with E-state index in [1.54, 1.807) is 0 Å². The van der Waals surface area contributed by atoms with Gasteiger partial charge in [-0.2, -0.15) is 0 Å². The topological polar surface area (TPSA) is 63.7 Å². The van der Waals surface area contributed by atoms with Crippen LogP contribution in [0.3, 0.4) is 0 Å². The lowest BCUT2D eigenvalue weighted by molar-refractivity contribution is -0.120. The van der Waals surface area contributed by atoms with Crippen LogP contribution in [0.5, 0.6) is 0 Å². The van der Waals surface area contributed by atoms with Crippen LogP contribution in [0.1, 0.15) is 18.0 Å². The number of amides is 1. The van der Waals surface area contributed by atoms with Gasteiger partial charge in [0.05, 0.1) is 17.5 Å². The highest BCUT2D eigenvalue weighted by atomic mass is 32.2. The Morgan fingerprint density at radius 3 is 2.80 bits per heavy atom. The van der Waals surface area contributed by atoms with Gasteiger partial charge in [0.1, 0.15) is 5.82 Å². The maximum absolute atomic E-state index is 14.1. The van der Waals surface area contributed by atoms with Crippen molar-refractivity contribution in [2.45, 2.75) is 17.4 Å². The molecule has 1 atom stereocenters. The minimum absolute atomic E-state index is 0.0778. The molecule has 7 heteroatoms. The molecule has 0 aliphatic carbocycles. The van der Waals surface area contributed by atoms with Crippen LogP contribution in [0, 0.1) is 5.82 Å². The van der Waals surface area contributed by atoms with Gasteiger partial charge in [-0.25, -0.2) is 12.8 Å². The minimum Gasteiger partial charge on any atom is -0.379 e. The first kappa shape index (κ1) is 14.9. The van der Waals surface area contributed by atoms with Crippen LogP contribution < -0.4 is 0 Å². The third-order valence-corrected chi connectivity index (χ3v) is 4.39. The zero-order valence-corrected chi connectivity index (χ0v) is 11.9. The van der Waals surface area contributed by atoms with Crippen molar-refractivity contribution in [1.82, 2.24) is 4.90 Å². The Morgan fingerprint density at radius 2 is 2.20 bits per heavy atom. The van der Waals surface area contributed by atoms with Crippen LogP contribution in [0.15, 0.2) is 23.1 Å². The van der Waals surface area contributed by atoms with Gasteiger partial charge in [0.25, 0.3) is 0 Å². The van der Waals surface area contributed by atoms with Crippen molar-refractivity contribution in [1.29, 1.82) is 0 Å². The maximum atomic E-state index is 14.1. The summed E-state index contributed by atoms with van der Waals surface area (Å²) in [6, 6.07) is 3.21. The van der Waals surface area contributed by atoms with E-state index < -0.39 is 21.7 Å². The highest BCUT2D eigenvalue weighted by Crippen LogP contribution is 2.26. The molecule has 0 spiro atoms. The maximum Gasteiger partial charge on any atom is 0.210 e. The van der Waals surface area contributed by atoms with E-state index in [9.17, 15) is 17.6 Å². The molecule has 20 heavy (non-hydrogen) atoms. The fraction of sp³-hybridized carbons (Fsp3) is 0.462. The Morgan fingerprint density at radius 1 is 1.45 bits per heavy atom. The number of hydrogen-bond acceptors (Lipinski definition) is 4. The molecule has 1 aromatic rings. The molecule has 1 fully saturated rings. The number of rotatable bonds is 3. The molecule has 2 rings (SSSR count). The molecular weight excluding hydrogens is 285 g/mol. The summed E-state index contributed by atoms with van der Waals surface area (Å²) in [5.41, 5.74) is 0.270. The van der Waals surface area contributed by atoms with Gasteiger partial charge in [0.2, 0.25) is 6.41 Å². The average molecular weight is 301 g/mol. The number of ether oxygens (including phenoxy) is 1. The van der Waals surface area contributed by atoms with E-state index in [0.29, 0.717) is 26.0 Å². The second-order valence-corrected chi connectivity index (χ2v) is 6.76. The molecular formula is C13H16FNO4S. The Labute approximate surface area is 117 Å². The van der Waals surface area contributed by atoms with Crippen LogP contribution in [0.2, 0.25) is 0 Å². The van der Waals surface area contributed by atoms with Crippen molar-refractivity contribution >= 4 is 16.2 Å². The Bertz CT molecular complexity index is 602. The summed E-state index contributed by atoms with van der Waals surface area (Å²) in [6.07, 6.45) is 2.38. The monoisotopic (exact) mass is 301 g/mol. The number of carbonyl (C=O) groups is 1. The van der Waals surface area contributed by atoms with Crippen LogP contribution in [-0.2, 0) is 19.4 Å². The lowest BCUT2D eigenvalue weighted by Gasteiger charge is -2.26. The van der Waals surface area contributed by atoms with Crippen molar-refractivity contribution in [3.63, 3.8) is 0 Å². The highest BCUT2D eigenvalue weighted by molar-refractivity contribution is 7.90. The molecule has 0 aromatic heterocycles. The fourth-order valence-electron chi connectivity index (χ4n) is 2.20. The van der Waals surface area contributed by atoms with Gasteiger partial charge in [-0.1, -0.05) is 6.07 Å². The van der Waals surface area contributed by atoms with Crippen molar-refractivity contribution < 1.29 is 22.3 Å². The highest BCUT2D eigenvalue weighted by Gasteiger charge is 2.25. The zero-order valence-electron chi connectivity index (χ0n) is 11.1. The van der Waals surface area contributed by atoms with Gasteiger partial charge in [-0.15, -0.1) is 0 Å². The molecule has 5 nitrogen and oxygen atoms in total. The molecule has 1 aliphatic heterocycles. The predicted octanol–water partition coefficient (Wildman–Crippen LogP) is 1.15. The lowest BCUT2D eigenvalue weighted by Crippen LogP contribution is -2.30. The predicted molar refractivity (Wildman–Crippen MR) is 70.5 cm³/mol. The SMILES string of the molecule is CS(=O)(=O)c1ccc(C2COCCCN2C=O)c(F)c1. The van der Waals surface area contributed by atoms with Gasteiger partial charge in [-0.05, 0) is 18.6 Å². The van der Waals surface area contributed by atoms with Gasteiger partial charge in [0.15, 0.2) is 9.84 Å². The molecule has 0 saturated carbocycles. The molecule has 1 unspecified atom stereocenters. The second-order valence-electron chi connectivity index (χ2n) is 4.74. The summed E-state index contributed by atoms with van der Waals surface area (Å²) >= 11 is 0. The lowest BCUT2D eigenvalue weighted by atomic mass is 10.1. The van der Waals surface area contributed by atoms with E-state index in [-0.39, 0.29) is 17.1 Å². The van der Waals surface area contributed by atoms with Gasteiger partial charge in [-0.3, -0.25) is 4.79 Å². The van der Waals surface area contributed by atoms with E-state index in [1.807, 2.05) is 0 Å². The Balaban J connectivity index is 2.38. The summed E-state index contributed by atoms with van der Waals surface area (Å²) in [7, 11) is -3.45. The molecule has 0 bridgehead atoms. The molecule has 1 saturated heterocycles. The zero-order chi connectivity index (χ0) is 14.8. The van der Waals surface area contributed by atoms with Gasteiger partial charge < -0.3 is 9.64 Å². The van der Waals surface area contributed by atoms with E-state index in [0.717, 1.165) is 12.3 Å². The van der Waals surface area contributed by atoms with Crippen molar-refractivity contribution in [2.75, 3.05) is 26.0 Å². The molecule has 1 amide bonds. The quantitative estimate of drug-likeness (QED) is 0.786. The molecule has 1 aromatic carbocycles. The largest absolute Gasteiger partial charge is 0.379 e. The number of benzene rings is 1. The van der Waals surface area contributed by atoms with Crippen molar-refractivity contribution in [3.05, 3.63) is 29.6 Å². The summed E-state index contributed by atoms with van der Waals surface area (Å²) in [5, 5.41) is 0. The number of sulfone groups is 1. The number of halogens is 1. The van der Waals surface area contributed by atoms with Crippen LogP contribution in [0.4, 0.5) is 4.39 Å². The second kappa shape index (κ2) is 5.88. The Kier molecular flexibility index (Phi) is 4.39. The van der Waals surface area contributed by atoms with Gasteiger partial charge in [0, 0.05) is 25.0 Å². The Hall–Kier alpha value is -1.47. The molecule has 0 radical (unpaired) electrons. The van der Waals surface area contributed by atoms with E-state index >= 15 is 0 Å². The summed E-state index contributed by atoms with van der Waals surface area (Å²) in [4.78, 5) is 12.5. The van der Waals surface area contributed by atoms with E-state index in [1.165, 1.54) is 17.0 Å². The summed E-state index contributed by atoms with van der Waals surface area (Å²) in [5.74, 6) is -0.643. The third kappa shape index (κ3) is 3.16. The molecule has 110 valence electrons. The number of nitrogens with zero attached hydrogens (tertiary/aromatic N) is 1. The first-order valence-corrected chi connectivity index (χ1v) is 8.11. The number of hydrogen-bond donors (Lipinski definition) is 0. The first-order valence-electron chi connectivity index (χ1n) is 6.22. The average Bonchev–Trinajstić information content (AvgIpc) is 2.62. The molecule has 0 N–H and O–H groups in total. The normalized spacial score (nSPS) is 20.5. The standard InChI is InChI=1S/C13H16FNO4S/c1-20(17,18)10-3-4-11(12(14)7-10)13-8-19-6-2-5-15(13)9-16/h3-4,7,9,13H,2,5-6,8H2,1H3. The van der Waals surface area contributed by atoms with E-state index in [4.69, 9.17) is 4.74 Å². The van der Waals surface area contributed by atoms with Crippen LogP contribution >= 0.6 is 0 Å². The van der Waals surface area contributed by atoms with Crippen LogP contribution in [0.25, 0.3) is 0 Å². The molecule has 1 heterocycles. The molecule has 1 aliphatic rings. The summed E-state index contributed by atoms with van der Waals surface area (Å²) in [6.45, 7) is 1.21. The van der Waals surface area contributed by atoms with Gasteiger partial charge >= 0.3 is 0 Å². The minimum atomic E-state index is -3.45. The van der Waals surface area contributed by atoms with Crippen molar-refractivity contribution in [3.8, 4) is 0 Å². The van der Waals surface area contributed by atoms with Crippen LogP contribution in [-0.4, -0.2) is 45.7 Å². The first-order chi connectivity index (χ1) is 9.43. The van der Waals surface area contributed by atoms with E-state index in [2.05, 4.69) is 0 Å². The smallest absolute Gasteiger partial charge is 0.210 e. The third-order valence-electron chi connectivity index (χ3n) is 3.28. The fourth-order valence-corrected chi connectivity index (χ4v) is 2.83. The number of carbonyl (C=O) groups excluding carboxylic acids is 1. The van der Waals surface area contributed by atoms with Crippen molar-refractivity contribution in [2.24, 2.45) is 0 Å². The summed E-state index contributed by atoms with van der Waals surface area (Å²) < 4.78 is 42.3.